The molecule has 0 spiro atoms. The molecule has 0 saturated carbocycles. The standard InChI is InChI=1S/C12H10F3N3O2/c13-12(14,15)11(20)18-9-4-2-1-3-8(9)7-17-10(19)5-6-16/h1-4H,5,7H2,(H,17,19)(H,18,20). The predicted molar refractivity (Wildman–Crippen MR) is 63.2 cm³/mol. The molecule has 20 heavy (non-hydrogen) atoms. The van der Waals surface area contributed by atoms with Crippen LogP contribution in [0, 0.1) is 11.3 Å². The largest absolute Gasteiger partial charge is 0.471 e. The van der Waals surface area contributed by atoms with Gasteiger partial charge in [-0.05, 0) is 11.6 Å². The fraction of sp³-hybridized carbons (Fsp3) is 0.250. The van der Waals surface area contributed by atoms with Crippen molar-refractivity contribution in [1.82, 2.24) is 5.32 Å². The molecular formula is C12H10F3N3O2. The van der Waals surface area contributed by atoms with Gasteiger partial charge in [-0.15, -0.1) is 0 Å². The summed E-state index contributed by atoms with van der Waals surface area (Å²) in [6.07, 6.45) is -5.34. The predicted octanol–water partition coefficient (Wildman–Crippen LogP) is 1.72. The van der Waals surface area contributed by atoms with Crippen molar-refractivity contribution in [3.8, 4) is 6.07 Å². The quantitative estimate of drug-likeness (QED) is 0.883. The van der Waals surface area contributed by atoms with Gasteiger partial charge in [0.2, 0.25) is 5.91 Å². The lowest BCUT2D eigenvalue weighted by atomic mass is 10.1. The third-order valence-electron chi connectivity index (χ3n) is 2.24. The number of amides is 2. The van der Waals surface area contributed by atoms with E-state index in [-0.39, 0.29) is 18.7 Å². The molecule has 0 radical (unpaired) electrons. The van der Waals surface area contributed by atoms with E-state index in [2.05, 4.69) is 5.32 Å². The zero-order valence-corrected chi connectivity index (χ0v) is 10.1. The first-order chi connectivity index (χ1) is 9.34. The van der Waals surface area contributed by atoms with Crippen molar-refractivity contribution in [3.05, 3.63) is 29.8 Å². The number of carbonyl (C=O) groups excluding carboxylic acids is 2. The second-order valence-electron chi connectivity index (χ2n) is 3.72. The zero-order valence-electron chi connectivity index (χ0n) is 10.1. The summed E-state index contributed by atoms with van der Waals surface area (Å²) in [5, 5.41) is 12.4. The number of nitriles is 1. The molecule has 2 amide bonds. The number of hydrogen-bond donors (Lipinski definition) is 2. The minimum atomic E-state index is -4.99. The molecule has 0 aliphatic heterocycles. The summed E-state index contributed by atoms with van der Waals surface area (Å²) in [4.78, 5) is 22.0. The molecule has 1 rings (SSSR count). The second-order valence-corrected chi connectivity index (χ2v) is 3.72. The Morgan fingerprint density at radius 3 is 2.50 bits per heavy atom. The summed E-state index contributed by atoms with van der Waals surface area (Å²) in [6, 6.07) is 7.39. The van der Waals surface area contributed by atoms with Gasteiger partial charge in [0.15, 0.2) is 0 Å². The topological polar surface area (TPSA) is 82.0 Å². The molecule has 0 heterocycles. The van der Waals surface area contributed by atoms with Crippen molar-refractivity contribution >= 4 is 17.5 Å². The monoisotopic (exact) mass is 285 g/mol. The van der Waals surface area contributed by atoms with Crippen molar-refractivity contribution in [2.24, 2.45) is 0 Å². The lowest BCUT2D eigenvalue weighted by Crippen LogP contribution is -2.31. The number of benzene rings is 1. The highest BCUT2D eigenvalue weighted by Gasteiger charge is 2.38. The van der Waals surface area contributed by atoms with Gasteiger partial charge in [-0.2, -0.15) is 18.4 Å². The molecule has 8 heteroatoms. The Kier molecular flexibility index (Phi) is 5.08. The summed E-state index contributed by atoms with van der Waals surface area (Å²) in [5.41, 5.74) is 0.253. The molecule has 0 aromatic heterocycles. The maximum atomic E-state index is 12.2. The number of nitrogens with one attached hydrogen (secondary N) is 2. The number of rotatable bonds is 4. The van der Waals surface area contributed by atoms with E-state index in [1.165, 1.54) is 18.2 Å². The number of alkyl halides is 3. The van der Waals surface area contributed by atoms with Gasteiger partial charge in [-0.3, -0.25) is 9.59 Å². The summed E-state index contributed by atoms with van der Waals surface area (Å²) in [7, 11) is 0. The first-order valence-electron chi connectivity index (χ1n) is 5.44. The van der Waals surface area contributed by atoms with Gasteiger partial charge in [0.1, 0.15) is 6.42 Å². The maximum Gasteiger partial charge on any atom is 0.471 e. The van der Waals surface area contributed by atoms with Gasteiger partial charge in [0.25, 0.3) is 0 Å². The molecule has 106 valence electrons. The van der Waals surface area contributed by atoms with Gasteiger partial charge < -0.3 is 10.6 Å². The Hall–Kier alpha value is -2.56. The molecule has 1 aromatic rings. The van der Waals surface area contributed by atoms with E-state index in [1.54, 1.807) is 17.5 Å². The van der Waals surface area contributed by atoms with Gasteiger partial charge >= 0.3 is 12.1 Å². The van der Waals surface area contributed by atoms with Crippen LogP contribution in [0.15, 0.2) is 24.3 Å². The van der Waals surface area contributed by atoms with E-state index < -0.39 is 18.0 Å². The number of carbonyl (C=O) groups is 2. The first-order valence-corrected chi connectivity index (χ1v) is 5.44. The Labute approximate surface area is 112 Å². The molecule has 0 fully saturated rings. The molecule has 5 nitrogen and oxygen atoms in total. The average Bonchev–Trinajstić information content (AvgIpc) is 2.37. The van der Waals surface area contributed by atoms with Crippen LogP contribution in [0.25, 0.3) is 0 Å². The van der Waals surface area contributed by atoms with Crippen LogP contribution in [0.5, 0.6) is 0 Å². The molecule has 0 atom stereocenters. The Morgan fingerprint density at radius 1 is 1.25 bits per heavy atom. The SMILES string of the molecule is N#CCC(=O)NCc1ccccc1NC(=O)C(F)(F)F. The van der Waals surface area contributed by atoms with E-state index in [0.29, 0.717) is 5.56 Å². The van der Waals surface area contributed by atoms with Crippen molar-refractivity contribution < 1.29 is 22.8 Å². The molecule has 2 N–H and O–H groups in total. The normalized spacial score (nSPS) is 10.5. The highest BCUT2D eigenvalue weighted by Crippen LogP contribution is 2.20. The summed E-state index contributed by atoms with van der Waals surface area (Å²) in [6.45, 7) is -0.0885. The van der Waals surface area contributed by atoms with Gasteiger partial charge in [0.05, 0.1) is 6.07 Å². The number of halogens is 3. The highest BCUT2D eigenvalue weighted by atomic mass is 19.4. The number of anilines is 1. The summed E-state index contributed by atoms with van der Waals surface area (Å²) >= 11 is 0. The van der Waals surface area contributed by atoms with Crippen LogP contribution in [0.3, 0.4) is 0 Å². The average molecular weight is 285 g/mol. The van der Waals surface area contributed by atoms with Crippen molar-refractivity contribution in [2.75, 3.05) is 5.32 Å². The van der Waals surface area contributed by atoms with Crippen molar-refractivity contribution in [1.29, 1.82) is 5.26 Å². The van der Waals surface area contributed by atoms with Crippen molar-refractivity contribution in [2.45, 2.75) is 19.1 Å². The number of nitrogens with zero attached hydrogens (tertiary/aromatic N) is 1. The van der Waals surface area contributed by atoms with Crippen LogP contribution >= 0.6 is 0 Å². The van der Waals surface area contributed by atoms with E-state index in [0.717, 1.165) is 0 Å². The van der Waals surface area contributed by atoms with Crippen LogP contribution < -0.4 is 10.6 Å². The second kappa shape index (κ2) is 6.56. The third kappa shape index (κ3) is 4.61. The Balaban J connectivity index is 2.76. The van der Waals surface area contributed by atoms with Crippen LogP contribution in [-0.4, -0.2) is 18.0 Å². The van der Waals surface area contributed by atoms with Gasteiger partial charge in [-0.25, -0.2) is 0 Å². The van der Waals surface area contributed by atoms with Crippen LogP contribution in [0.2, 0.25) is 0 Å². The van der Waals surface area contributed by atoms with Gasteiger partial charge in [-0.1, -0.05) is 18.2 Å². The number of para-hydroxylation sites is 1. The van der Waals surface area contributed by atoms with E-state index in [1.807, 2.05) is 0 Å². The van der Waals surface area contributed by atoms with Gasteiger partial charge in [0, 0.05) is 12.2 Å². The fourth-order valence-electron chi connectivity index (χ4n) is 1.32. The van der Waals surface area contributed by atoms with Crippen LogP contribution in [0.1, 0.15) is 12.0 Å². The van der Waals surface area contributed by atoms with E-state index in [9.17, 15) is 22.8 Å². The highest BCUT2D eigenvalue weighted by molar-refractivity contribution is 5.95. The summed E-state index contributed by atoms with van der Waals surface area (Å²) in [5.74, 6) is -2.64. The third-order valence-corrected chi connectivity index (χ3v) is 2.24. The lowest BCUT2D eigenvalue weighted by Gasteiger charge is -2.12. The van der Waals surface area contributed by atoms with E-state index >= 15 is 0 Å². The minimum absolute atomic E-state index is 0.0490. The minimum Gasteiger partial charge on any atom is -0.351 e. The molecule has 0 aliphatic carbocycles. The zero-order chi connectivity index (χ0) is 15.2. The fourth-order valence-corrected chi connectivity index (χ4v) is 1.32. The van der Waals surface area contributed by atoms with E-state index in [4.69, 9.17) is 5.26 Å². The molecule has 0 saturated heterocycles. The van der Waals surface area contributed by atoms with Crippen LogP contribution in [-0.2, 0) is 16.1 Å². The smallest absolute Gasteiger partial charge is 0.351 e. The Morgan fingerprint density at radius 2 is 1.90 bits per heavy atom. The maximum absolute atomic E-state index is 12.2. The molecular weight excluding hydrogens is 275 g/mol. The molecule has 0 unspecified atom stereocenters. The summed E-state index contributed by atoms with van der Waals surface area (Å²) < 4.78 is 36.5. The van der Waals surface area contributed by atoms with Crippen molar-refractivity contribution in [3.63, 3.8) is 0 Å². The van der Waals surface area contributed by atoms with Crippen LogP contribution in [0.4, 0.5) is 18.9 Å². The molecule has 1 aromatic carbocycles. The lowest BCUT2D eigenvalue weighted by molar-refractivity contribution is -0.167. The number of hydrogen-bond acceptors (Lipinski definition) is 3. The molecule has 0 aliphatic rings. The molecule has 0 bridgehead atoms. The first kappa shape index (κ1) is 15.5. The Bertz CT molecular complexity index is 550.